The number of hydrogen-bond acceptors (Lipinski definition) is 4. The molecule has 0 unspecified atom stereocenters. The quantitative estimate of drug-likeness (QED) is 0.0995. The van der Waals surface area contributed by atoms with Crippen LogP contribution in [0, 0.1) is 0 Å². The van der Waals surface area contributed by atoms with Gasteiger partial charge < -0.3 is 38.9 Å². The van der Waals surface area contributed by atoms with Crippen LogP contribution in [0.3, 0.4) is 0 Å². The third-order valence-electron chi connectivity index (χ3n) is 10.6. The van der Waals surface area contributed by atoms with Gasteiger partial charge in [-0.05, 0) is 114 Å². The predicted octanol–water partition coefficient (Wildman–Crippen LogP) is 12.4. The van der Waals surface area contributed by atoms with Gasteiger partial charge in [-0.15, -0.1) is 0 Å². The van der Waals surface area contributed by atoms with Gasteiger partial charge in [0.15, 0.2) is 0 Å². The van der Waals surface area contributed by atoms with E-state index in [0.717, 1.165) is 113 Å². The molecule has 4 aromatic heterocycles. The highest BCUT2D eigenvalue weighted by molar-refractivity contribution is 5.94. The van der Waals surface area contributed by atoms with E-state index in [0.29, 0.717) is 0 Å². The van der Waals surface area contributed by atoms with Crippen LogP contribution < -0.4 is 18.9 Å². The summed E-state index contributed by atoms with van der Waals surface area (Å²) in [4.78, 5) is 14.9. The molecule has 0 radical (unpaired) electrons. The molecule has 0 saturated carbocycles. The third kappa shape index (κ3) is 7.03. The first-order valence-corrected chi connectivity index (χ1v) is 19.0. The van der Waals surface area contributed by atoms with Crippen molar-refractivity contribution in [1.29, 1.82) is 0 Å². The first-order valence-electron chi connectivity index (χ1n) is 19.0. The highest BCUT2D eigenvalue weighted by atomic mass is 16.5. The van der Waals surface area contributed by atoms with Crippen LogP contribution in [0.15, 0.2) is 158 Å². The Morgan fingerprint density at radius 2 is 0.621 bits per heavy atom. The minimum atomic E-state index is 0.801. The lowest BCUT2D eigenvalue weighted by atomic mass is 9.91. The van der Waals surface area contributed by atoms with Crippen molar-refractivity contribution in [2.45, 2.75) is 0 Å². The summed E-state index contributed by atoms with van der Waals surface area (Å²) in [5, 5.41) is 0. The summed E-state index contributed by atoms with van der Waals surface area (Å²) in [6.45, 7) is 0. The highest BCUT2D eigenvalue weighted by Gasteiger charge is 2.21. The second-order valence-electron chi connectivity index (χ2n) is 14.0. The van der Waals surface area contributed by atoms with E-state index in [1.807, 2.05) is 66.7 Å². The summed E-state index contributed by atoms with van der Waals surface area (Å²) in [5.41, 5.74) is 16.2. The topological polar surface area (TPSA) is 100 Å². The van der Waals surface area contributed by atoms with Gasteiger partial charge in [0, 0.05) is 85.0 Å². The molecule has 9 rings (SSSR count). The van der Waals surface area contributed by atoms with Crippen molar-refractivity contribution >= 4 is 0 Å². The molecule has 58 heavy (non-hydrogen) atoms. The maximum atomic E-state index is 5.56. The standard InChI is InChI=1S/C50H42N4O4/c1-55-36-13-5-9-31(23-36)35-27-50(51-30-35)43-29-41(48-21-18-45(53-48)33-11-7-15-38(25-33)57-3)40(47-20-17-44(52-47)32-10-6-14-37(24-32)56-2)28-42(43)49-22-19-46(54-49)34-12-8-16-39(26-34)58-4/h5-30,51-54H,1-4H3. The number of aromatic nitrogens is 4. The third-order valence-corrected chi connectivity index (χ3v) is 10.6. The van der Waals surface area contributed by atoms with Crippen LogP contribution in [0.2, 0.25) is 0 Å². The monoisotopic (exact) mass is 762 g/mol. The Morgan fingerprint density at radius 3 is 1.00 bits per heavy atom. The van der Waals surface area contributed by atoms with Crippen molar-refractivity contribution in [2.24, 2.45) is 0 Å². The highest BCUT2D eigenvalue weighted by Crippen LogP contribution is 2.44. The molecule has 0 amide bonds. The fraction of sp³-hybridized carbons (Fsp3) is 0.0800. The number of methoxy groups -OCH3 is 4. The average Bonchev–Trinajstić information content (AvgIpc) is 4.14. The van der Waals surface area contributed by atoms with Gasteiger partial charge >= 0.3 is 0 Å². The van der Waals surface area contributed by atoms with Gasteiger partial charge in [0.05, 0.1) is 28.4 Å². The fourth-order valence-electron chi connectivity index (χ4n) is 7.54. The lowest BCUT2D eigenvalue weighted by Crippen LogP contribution is -1.94. The molecule has 0 atom stereocenters. The van der Waals surface area contributed by atoms with E-state index in [2.05, 4.69) is 111 Å². The zero-order valence-electron chi connectivity index (χ0n) is 32.6. The SMILES string of the molecule is COc1cccc(-c2c[nH]c(-c3cc(-c4ccc(-c5cccc(OC)c5)[nH]4)c(-c4ccc(-c5cccc(OC)c5)[nH]4)cc3-c3ccc(-c4cccc(OC)c4)[nH]3)c2)c1. The molecule has 0 spiro atoms. The van der Waals surface area contributed by atoms with Gasteiger partial charge in [0.1, 0.15) is 23.0 Å². The molecule has 0 fully saturated rings. The van der Waals surface area contributed by atoms with Crippen LogP contribution in [0.5, 0.6) is 23.0 Å². The van der Waals surface area contributed by atoms with Crippen LogP contribution in [-0.4, -0.2) is 48.4 Å². The minimum absolute atomic E-state index is 0.801. The Kier molecular flexibility index (Phi) is 9.65. The maximum absolute atomic E-state index is 5.56. The van der Waals surface area contributed by atoms with Gasteiger partial charge in [-0.2, -0.15) is 0 Å². The van der Waals surface area contributed by atoms with E-state index in [4.69, 9.17) is 18.9 Å². The van der Waals surface area contributed by atoms with Crippen LogP contribution in [0.1, 0.15) is 0 Å². The second-order valence-corrected chi connectivity index (χ2v) is 14.0. The number of aromatic amines is 4. The van der Waals surface area contributed by atoms with Crippen molar-refractivity contribution in [1.82, 2.24) is 19.9 Å². The molecule has 4 heterocycles. The summed E-state index contributed by atoms with van der Waals surface area (Å²) in [7, 11) is 6.76. The van der Waals surface area contributed by atoms with E-state index in [9.17, 15) is 0 Å². The Morgan fingerprint density at radius 1 is 0.293 bits per heavy atom. The first kappa shape index (κ1) is 36.1. The van der Waals surface area contributed by atoms with E-state index in [1.165, 1.54) is 0 Å². The molecular formula is C50H42N4O4. The lowest BCUT2D eigenvalue weighted by Gasteiger charge is -2.16. The Balaban J connectivity index is 1.25. The van der Waals surface area contributed by atoms with Gasteiger partial charge in [-0.3, -0.25) is 0 Å². The molecule has 0 saturated heterocycles. The van der Waals surface area contributed by atoms with E-state index in [1.54, 1.807) is 28.4 Å². The average molecular weight is 763 g/mol. The van der Waals surface area contributed by atoms with Crippen molar-refractivity contribution in [3.05, 3.63) is 158 Å². The number of nitrogens with one attached hydrogen (secondary N) is 4. The van der Waals surface area contributed by atoms with Crippen molar-refractivity contribution in [3.8, 4) is 113 Å². The van der Waals surface area contributed by atoms with E-state index >= 15 is 0 Å². The zero-order chi connectivity index (χ0) is 39.6. The predicted molar refractivity (Wildman–Crippen MR) is 234 cm³/mol. The van der Waals surface area contributed by atoms with Crippen LogP contribution >= 0.6 is 0 Å². The largest absolute Gasteiger partial charge is 0.497 e. The molecule has 8 nitrogen and oxygen atoms in total. The van der Waals surface area contributed by atoms with Crippen LogP contribution in [-0.2, 0) is 0 Å². The van der Waals surface area contributed by atoms with E-state index < -0.39 is 0 Å². The summed E-state index contributed by atoms with van der Waals surface area (Å²) >= 11 is 0. The number of ether oxygens (including phenoxy) is 4. The Hall–Kier alpha value is -7.58. The van der Waals surface area contributed by atoms with Crippen LogP contribution in [0.4, 0.5) is 0 Å². The lowest BCUT2D eigenvalue weighted by molar-refractivity contribution is 0.415. The summed E-state index contributed by atoms with van der Waals surface area (Å²) in [6.07, 6.45) is 2.05. The zero-order valence-corrected chi connectivity index (χ0v) is 32.6. The smallest absolute Gasteiger partial charge is 0.119 e. The summed E-state index contributed by atoms with van der Waals surface area (Å²) < 4.78 is 22.2. The summed E-state index contributed by atoms with van der Waals surface area (Å²) in [5.74, 6) is 3.21. The molecule has 0 aliphatic rings. The molecule has 5 aromatic carbocycles. The molecule has 4 N–H and O–H groups in total. The number of hydrogen-bond donors (Lipinski definition) is 4. The Labute approximate surface area is 337 Å². The Bertz CT molecular complexity index is 2490. The molecular weight excluding hydrogens is 721 g/mol. The minimum Gasteiger partial charge on any atom is -0.497 e. The molecule has 0 aliphatic carbocycles. The maximum Gasteiger partial charge on any atom is 0.119 e. The van der Waals surface area contributed by atoms with Gasteiger partial charge in [-0.25, -0.2) is 0 Å². The number of benzene rings is 5. The fourth-order valence-corrected chi connectivity index (χ4v) is 7.54. The van der Waals surface area contributed by atoms with Crippen molar-refractivity contribution < 1.29 is 18.9 Å². The molecule has 9 aromatic rings. The van der Waals surface area contributed by atoms with Crippen molar-refractivity contribution in [2.75, 3.05) is 28.4 Å². The van der Waals surface area contributed by atoms with Gasteiger partial charge in [0.2, 0.25) is 0 Å². The summed E-state index contributed by atoms with van der Waals surface area (Å²) in [6, 6.07) is 52.0. The molecule has 286 valence electrons. The molecule has 0 aliphatic heterocycles. The van der Waals surface area contributed by atoms with Crippen molar-refractivity contribution in [3.63, 3.8) is 0 Å². The number of rotatable bonds is 12. The second kappa shape index (κ2) is 15.5. The number of H-pyrrole nitrogens is 4. The van der Waals surface area contributed by atoms with E-state index in [-0.39, 0.29) is 0 Å². The van der Waals surface area contributed by atoms with Gasteiger partial charge in [-0.1, -0.05) is 48.5 Å². The molecule has 0 bridgehead atoms. The van der Waals surface area contributed by atoms with Crippen LogP contribution in [0.25, 0.3) is 89.9 Å². The molecule has 8 heteroatoms. The first-order chi connectivity index (χ1) is 28.5. The van der Waals surface area contributed by atoms with Gasteiger partial charge in [0.25, 0.3) is 0 Å². The normalized spacial score (nSPS) is 11.1.